The number of carbonyl (C=O) groups excluding carboxylic acids is 2. The van der Waals surface area contributed by atoms with Gasteiger partial charge >= 0.3 is 12.3 Å². The lowest BCUT2D eigenvalue weighted by atomic mass is 9.93. The molecule has 2 N–H and O–H groups in total. The SMILES string of the molecule is CC(C)(C)OC(=O)Nc1ccc(NC(=O)C2(c3cccc(C(F)(F)F)c3)CC2)cc1. The van der Waals surface area contributed by atoms with Gasteiger partial charge in [0, 0.05) is 11.4 Å². The van der Waals surface area contributed by atoms with Gasteiger partial charge in [0.05, 0.1) is 11.0 Å². The summed E-state index contributed by atoms with van der Waals surface area (Å²) in [6.45, 7) is 5.26. The third-order valence-corrected chi connectivity index (χ3v) is 4.72. The van der Waals surface area contributed by atoms with Crippen LogP contribution in [0.3, 0.4) is 0 Å². The van der Waals surface area contributed by atoms with E-state index < -0.39 is 28.8 Å². The van der Waals surface area contributed by atoms with E-state index in [1.165, 1.54) is 6.07 Å². The van der Waals surface area contributed by atoms with E-state index in [0.717, 1.165) is 12.1 Å². The van der Waals surface area contributed by atoms with Crippen LogP contribution in [0.2, 0.25) is 0 Å². The molecule has 0 aromatic heterocycles. The topological polar surface area (TPSA) is 67.4 Å². The molecule has 3 rings (SSSR count). The Kier molecular flexibility index (Phi) is 5.54. The maximum atomic E-state index is 13.0. The van der Waals surface area contributed by atoms with Gasteiger partial charge in [-0.25, -0.2) is 4.79 Å². The number of nitrogens with one attached hydrogen (secondary N) is 2. The molecule has 0 aliphatic heterocycles. The Balaban J connectivity index is 1.67. The maximum absolute atomic E-state index is 13.0. The fourth-order valence-electron chi connectivity index (χ4n) is 3.07. The third kappa shape index (κ3) is 5.11. The lowest BCUT2D eigenvalue weighted by Gasteiger charge is -2.20. The highest BCUT2D eigenvalue weighted by Gasteiger charge is 2.51. The predicted octanol–water partition coefficient (Wildman–Crippen LogP) is 5.72. The number of hydrogen-bond acceptors (Lipinski definition) is 3. The molecule has 0 radical (unpaired) electrons. The van der Waals surface area contributed by atoms with E-state index in [-0.39, 0.29) is 5.91 Å². The number of anilines is 2. The van der Waals surface area contributed by atoms with E-state index in [1.54, 1.807) is 51.1 Å². The van der Waals surface area contributed by atoms with Crippen LogP contribution in [0, 0.1) is 0 Å². The first-order valence-electron chi connectivity index (χ1n) is 9.48. The van der Waals surface area contributed by atoms with Gasteiger partial charge in [-0.05, 0) is 69.5 Å². The molecule has 1 aliphatic rings. The van der Waals surface area contributed by atoms with Gasteiger partial charge in [-0.2, -0.15) is 13.2 Å². The highest BCUT2D eigenvalue weighted by atomic mass is 19.4. The van der Waals surface area contributed by atoms with Crippen LogP contribution in [0.15, 0.2) is 48.5 Å². The average molecular weight is 420 g/mol. The van der Waals surface area contributed by atoms with Gasteiger partial charge in [0.25, 0.3) is 0 Å². The standard InChI is InChI=1S/C22H23F3N2O3/c1-20(2,3)30-19(29)27-17-9-7-16(8-10-17)26-18(28)21(11-12-21)14-5-4-6-15(13-14)22(23,24)25/h4-10,13H,11-12H2,1-3H3,(H,26,28)(H,27,29). The number of carbonyl (C=O) groups is 2. The Morgan fingerprint density at radius 2 is 1.50 bits per heavy atom. The Labute approximate surface area is 172 Å². The van der Waals surface area contributed by atoms with Gasteiger partial charge in [0.15, 0.2) is 0 Å². The molecular formula is C22H23F3N2O3. The Morgan fingerprint density at radius 1 is 0.933 bits per heavy atom. The third-order valence-electron chi connectivity index (χ3n) is 4.72. The number of hydrogen-bond donors (Lipinski definition) is 2. The largest absolute Gasteiger partial charge is 0.444 e. The van der Waals surface area contributed by atoms with Gasteiger partial charge in [-0.3, -0.25) is 10.1 Å². The van der Waals surface area contributed by atoms with Crippen molar-refractivity contribution in [1.29, 1.82) is 0 Å². The van der Waals surface area contributed by atoms with Crippen molar-refractivity contribution in [1.82, 2.24) is 0 Å². The van der Waals surface area contributed by atoms with Crippen LogP contribution in [0.25, 0.3) is 0 Å². The van der Waals surface area contributed by atoms with Gasteiger partial charge in [-0.15, -0.1) is 0 Å². The van der Waals surface area contributed by atoms with Crippen molar-refractivity contribution in [3.05, 3.63) is 59.7 Å². The second-order valence-corrected chi connectivity index (χ2v) is 8.32. The van der Waals surface area contributed by atoms with Crippen LogP contribution in [0.4, 0.5) is 29.3 Å². The van der Waals surface area contributed by atoms with Crippen molar-refractivity contribution in [2.75, 3.05) is 10.6 Å². The molecule has 0 saturated heterocycles. The molecule has 160 valence electrons. The normalized spacial score (nSPS) is 15.3. The zero-order valence-corrected chi connectivity index (χ0v) is 16.9. The van der Waals surface area contributed by atoms with Gasteiger partial charge in [0.2, 0.25) is 5.91 Å². The zero-order chi connectivity index (χ0) is 22.2. The number of benzene rings is 2. The first-order valence-corrected chi connectivity index (χ1v) is 9.48. The van der Waals surface area contributed by atoms with Crippen LogP contribution < -0.4 is 10.6 Å². The number of amides is 2. The minimum absolute atomic E-state index is 0.352. The number of ether oxygens (including phenoxy) is 1. The second-order valence-electron chi connectivity index (χ2n) is 8.32. The minimum Gasteiger partial charge on any atom is -0.444 e. The van der Waals surface area contributed by atoms with Crippen LogP contribution >= 0.6 is 0 Å². The predicted molar refractivity (Wildman–Crippen MR) is 107 cm³/mol. The molecule has 1 fully saturated rings. The molecule has 2 amide bonds. The van der Waals surface area contributed by atoms with Crippen LogP contribution in [-0.4, -0.2) is 17.6 Å². The van der Waals surface area contributed by atoms with Crippen LogP contribution in [0.5, 0.6) is 0 Å². The Bertz CT molecular complexity index is 943. The Hall–Kier alpha value is -3.03. The van der Waals surface area contributed by atoms with Crippen molar-refractivity contribution in [2.24, 2.45) is 0 Å². The summed E-state index contributed by atoms with van der Waals surface area (Å²) < 4.78 is 44.2. The number of alkyl halides is 3. The quantitative estimate of drug-likeness (QED) is 0.665. The zero-order valence-electron chi connectivity index (χ0n) is 16.9. The summed E-state index contributed by atoms with van der Waals surface area (Å²) in [6.07, 6.45) is -4.09. The summed E-state index contributed by atoms with van der Waals surface area (Å²) in [5.41, 5.74) is -1.02. The van der Waals surface area contributed by atoms with E-state index in [0.29, 0.717) is 29.8 Å². The molecule has 0 atom stereocenters. The second kappa shape index (κ2) is 7.66. The summed E-state index contributed by atoms with van der Waals surface area (Å²) in [6, 6.07) is 11.3. The summed E-state index contributed by atoms with van der Waals surface area (Å²) >= 11 is 0. The molecule has 0 heterocycles. The van der Waals surface area contributed by atoms with Gasteiger partial charge < -0.3 is 10.1 Å². The highest BCUT2D eigenvalue weighted by molar-refractivity contribution is 6.01. The van der Waals surface area contributed by atoms with Crippen molar-refractivity contribution in [2.45, 2.75) is 50.8 Å². The fourth-order valence-corrected chi connectivity index (χ4v) is 3.07. The average Bonchev–Trinajstić information content (AvgIpc) is 3.43. The van der Waals surface area contributed by atoms with E-state index in [9.17, 15) is 22.8 Å². The summed E-state index contributed by atoms with van der Waals surface area (Å²) in [5.74, 6) is -0.352. The molecule has 0 unspecified atom stereocenters. The summed E-state index contributed by atoms with van der Waals surface area (Å²) in [4.78, 5) is 24.6. The van der Waals surface area contributed by atoms with Gasteiger partial charge in [0.1, 0.15) is 5.60 Å². The number of rotatable bonds is 4. The Morgan fingerprint density at radius 3 is 2.00 bits per heavy atom. The lowest BCUT2D eigenvalue weighted by Crippen LogP contribution is -2.28. The van der Waals surface area contributed by atoms with Crippen molar-refractivity contribution < 1.29 is 27.5 Å². The summed E-state index contributed by atoms with van der Waals surface area (Å²) in [5, 5.41) is 5.34. The fraction of sp³-hybridized carbons (Fsp3) is 0.364. The highest BCUT2D eigenvalue weighted by Crippen LogP contribution is 2.50. The van der Waals surface area contributed by atoms with Crippen molar-refractivity contribution in [3.63, 3.8) is 0 Å². The van der Waals surface area contributed by atoms with Crippen molar-refractivity contribution >= 4 is 23.4 Å². The molecule has 30 heavy (non-hydrogen) atoms. The molecule has 1 aliphatic carbocycles. The monoisotopic (exact) mass is 420 g/mol. The van der Waals surface area contributed by atoms with E-state index in [1.807, 2.05) is 0 Å². The molecular weight excluding hydrogens is 397 g/mol. The summed E-state index contributed by atoms with van der Waals surface area (Å²) in [7, 11) is 0. The molecule has 0 spiro atoms. The smallest absolute Gasteiger partial charge is 0.416 e. The maximum Gasteiger partial charge on any atom is 0.416 e. The first kappa shape index (κ1) is 21.7. The lowest BCUT2D eigenvalue weighted by molar-refractivity contribution is -0.137. The van der Waals surface area contributed by atoms with Gasteiger partial charge in [-0.1, -0.05) is 18.2 Å². The van der Waals surface area contributed by atoms with E-state index >= 15 is 0 Å². The molecule has 5 nitrogen and oxygen atoms in total. The van der Waals surface area contributed by atoms with E-state index in [2.05, 4.69) is 10.6 Å². The molecule has 0 bridgehead atoms. The van der Waals surface area contributed by atoms with Crippen molar-refractivity contribution in [3.8, 4) is 0 Å². The van der Waals surface area contributed by atoms with Crippen LogP contribution in [-0.2, 0) is 21.1 Å². The molecule has 2 aromatic carbocycles. The molecule has 2 aromatic rings. The molecule has 8 heteroatoms. The first-order chi connectivity index (χ1) is 13.9. The number of halogens is 3. The minimum atomic E-state index is -4.46. The molecule has 1 saturated carbocycles. The van der Waals surface area contributed by atoms with Crippen LogP contribution in [0.1, 0.15) is 44.7 Å². The van der Waals surface area contributed by atoms with E-state index in [4.69, 9.17) is 4.74 Å².